The van der Waals surface area contributed by atoms with Crippen LogP contribution >= 0.6 is 0 Å². The first-order valence-corrected chi connectivity index (χ1v) is 9.67. The normalized spacial score (nSPS) is 17.6. The van der Waals surface area contributed by atoms with E-state index in [9.17, 15) is 9.18 Å². The lowest BCUT2D eigenvalue weighted by Crippen LogP contribution is -2.43. The molecule has 1 fully saturated rings. The van der Waals surface area contributed by atoms with Crippen LogP contribution in [0.3, 0.4) is 0 Å². The van der Waals surface area contributed by atoms with Gasteiger partial charge in [0.15, 0.2) is 0 Å². The summed E-state index contributed by atoms with van der Waals surface area (Å²) in [5, 5.41) is 0. The summed E-state index contributed by atoms with van der Waals surface area (Å²) in [5.41, 5.74) is 1.43. The van der Waals surface area contributed by atoms with Crippen molar-refractivity contribution in [1.82, 2.24) is 19.8 Å². The summed E-state index contributed by atoms with van der Waals surface area (Å²) in [5.74, 6) is 0.222. The Morgan fingerprint density at radius 3 is 3.00 bits per heavy atom. The van der Waals surface area contributed by atoms with Gasteiger partial charge in [-0.05, 0) is 56.3 Å². The number of nitrogens with zero attached hydrogens (tertiary/aromatic N) is 4. The molecule has 0 radical (unpaired) electrons. The third-order valence-electron chi connectivity index (χ3n) is 5.14. The second kappa shape index (κ2) is 9.55. The van der Waals surface area contributed by atoms with Crippen LogP contribution in [0.5, 0.6) is 0 Å². The molecule has 0 aliphatic carbocycles. The lowest BCUT2D eigenvalue weighted by atomic mass is 9.96. The van der Waals surface area contributed by atoms with Crippen molar-refractivity contribution in [3.05, 3.63) is 59.9 Å². The Morgan fingerprint density at radius 2 is 2.26 bits per heavy atom. The third-order valence-corrected chi connectivity index (χ3v) is 5.14. The van der Waals surface area contributed by atoms with Gasteiger partial charge in [-0.3, -0.25) is 9.78 Å². The molecule has 3 rings (SSSR count). The minimum Gasteiger partial charge on any atom is -0.337 e. The molecule has 1 aromatic carbocycles. The summed E-state index contributed by atoms with van der Waals surface area (Å²) in [7, 11) is 0. The second-order valence-corrected chi connectivity index (χ2v) is 7.12. The standard InChI is InChI=1S/C21H27FN4O/c1-2-26(21(27)20-14-23-9-10-24-20)16-18-6-4-11-25(15-18)12-8-17-5-3-7-19(22)13-17/h3,5,7,9-10,13-14,18H,2,4,6,8,11-12,15-16H2,1H3/t18-/m0/s1. The Hall–Kier alpha value is -2.34. The molecule has 1 atom stereocenters. The molecule has 1 saturated heterocycles. The molecule has 1 aliphatic rings. The highest BCUT2D eigenvalue weighted by atomic mass is 19.1. The van der Waals surface area contributed by atoms with Crippen LogP contribution in [-0.2, 0) is 6.42 Å². The van der Waals surface area contributed by atoms with Gasteiger partial charge in [-0.25, -0.2) is 9.37 Å². The number of carbonyl (C=O) groups excluding carboxylic acids is 1. The van der Waals surface area contributed by atoms with Gasteiger partial charge in [-0.15, -0.1) is 0 Å². The quantitative estimate of drug-likeness (QED) is 0.752. The molecule has 0 bridgehead atoms. The van der Waals surface area contributed by atoms with Gasteiger partial charge >= 0.3 is 0 Å². The van der Waals surface area contributed by atoms with Crippen molar-refractivity contribution < 1.29 is 9.18 Å². The molecule has 2 heterocycles. The van der Waals surface area contributed by atoms with Crippen molar-refractivity contribution in [3.8, 4) is 0 Å². The predicted molar refractivity (Wildman–Crippen MR) is 103 cm³/mol. The Labute approximate surface area is 160 Å². The van der Waals surface area contributed by atoms with E-state index >= 15 is 0 Å². The average molecular weight is 370 g/mol. The first kappa shape index (κ1) is 19.4. The Morgan fingerprint density at radius 1 is 1.37 bits per heavy atom. The summed E-state index contributed by atoms with van der Waals surface area (Å²) >= 11 is 0. The van der Waals surface area contributed by atoms with Crippen LogP contribution in [-0.4, -0.2) is 58.4 Å². The summed E-state index contributed by atoms with van der Waals surface area (Å²) in [6, 6.07) is 6.83. The van der Waals surface area contributed by atoms with Crippen LogP contribution in [0.15, 0.2) is 42.9 Å². The van der Waals surface area contributed by atoms with Crippen molar-refractivity contribution in [2.24, 2.45) is 5.92 Å². The Bertz CT molecular complexity index is 740. The molecule has 6 heteroatoms. The fourth-order valence-corrected chi connectivity index (χ4v) is 3.72. The molecular weight excluding hydrogens is 343 g/mol. The van der Waals surface area contributed by atoms with Gasteiger partial charge in [0.1, 0.15) is 11.5 Å². The lowest BCUT2D eigenvalue weighted by Gasteiger charge is -2.35. The topological polar surface area (TPSA) is 49.3 Å². The van der Waals surface area contributed by atoms with Crippen molar-refractivity contribution >= 4 is 5.91 Å². The number of piperidine rings is 1. The summed E-state index contributed by atoms with van der Waals surface area (Å²) in [4.78, 5) is 25.1. The molecule has 5 nitrogen and oxygen atoms in total. The fraction of sp³-hybridized carbons (Fsp3) is 0.476. The third kappa shape index (κ3) is 5.57. The van der Waals surface area contributed by atoms with E-state index in [0.29, 0.717) is 18.2 Å². The van der Waals surface area contributed by atoms with Gasteiger partial charge < -0.3 is 9.80 Å². The zero-order chi connectivity index (χ0) is 19.1. The highest BCUT2D eigenvalue weighted by Crippen LogP contribution is 2.19. The number of hydrogen-bond acceptors (Lipinski definition) is 4. The number of rotatable bonds is 7. The molecule has 1 amide bonds. The Balaban J connectivity index is 1.53. The maximum Gasteiger partial charge on any atom is 0.274 e. The fourth-order valence-electron chi connectivity index (χ4n) is 3.72. The lowest BCUT2D eigenvalue weighted by molar-refractivity contribution is 0.0684. The number of aromatic nitrogens is 2. The van der Waals surface area contributed by atoms with E-state index in [4.69, 9.17) is 0 Å². The summed E-state index contributed by atoms with van der Waals surface area (Å²) in [6.07, 6.45) is 7.75. The molecule has 27 heavy (non-hydrogen) atoms. The molecule has 2 aromatic rings. The van der Waals surface area contributed by atoms with Crippen LogP contribution in [0.2, 0.25) is 0 Å². The number of amides is 1. The van der Waals surface area contributed by atoms with Gasteiger partial charge in [0.25, 0.3) is 5.91 Å². The van der Waals surface area contributed by atoms with Crippen molar-refractivity contribution in [2.45, 2.75) is 26.2 Å². The van der Waals surface area contributed by atoms with E-state index in [1.807, 2.05) is 17.9 Å². The minimum atomic E-state index is -0.176. The van der Waals surface area contributed by atoms with E-state index in [0.717, 1.165) is 51.0 Å². The number of hydrogen-bond donors (Lipinski definition) is 0. The van der Waals surface area contributed by atoms with Crippen LogP contribution in [0.1, 0.15) is 35.8 Å². The zero-order valence-corrected chi connectivity index (χ0v) is 15.9. The second-order valence-electron chi connectivity index (χ2n) is 7.12. The SMILES string of the molecule is CCN(C[C@H]1CCCN(CCc2cccc(F)c2)C1)C(=O)c1cnccn1. The van der Waals surface area contributed by atoms with Crippen molar-refractivity contribution in [2.75, 3.05) is 32.7 Å². The largest absolute Gasteiger partial charge is 0.337 e. The average Bonchev–Trinajstić information content (AvgIpc) is 2.71. The van der Waals surface area contributed by atoms with Gasteiger partial charge in [0.2, 0.25) is 0 Å². The van der Waals surface area contributed by atoms with Gasteiger partial charge in [-0.1, -0.05) is 12.1 Å². The predicted octanol–water partition coefficient (Wildman–Crippen LogP) is 3.03. The summed E-state index contributed by atoms with van der Waals surface area (Å²) in [6.45, 7) is 6.36. The first-order chi connectivity index (χ1) is 13.2. The number of carbonyl (C=O) groups is 1. The molecule has 144 valence electrons. The first-order valence-electron chi connectivity index (χ1n) is 9.67. The number of benzene rings is 1. The van der Waals surface area contributed by atoms with Crippen LogP contribution in [0.25, 0.3) is 0 Å². The highest BCUT2D eigenvalue weighted by Gasteiger charge is 2.24. The zero-order valence-electron chi connectivity index (χ0n) is 15.9. The number of likely N-dealkylation sites (tertiary alicyclic amines) is 1. The molecule has 1 aliphatic heterocycles. The van der Waals surface area contributed by atoms with Crippen molar-refractivity contribution in [1.29, 1.82) is 0 Å². The van der Waals surface area contributed by atoms with E-state index in [2.05, 4.69) is 14.9 Å². The maximum absolute atomic E-state index is 13.3. The van der Waals surface area contributed by atoms with E-state index < -0.39 is 0 Å². The molecule has 0 unspecified atom stereocenters. The molecule has 0 N–H and O–H groups in total. The maximum atomic E-state index is 13.3. The smallest absolute Gasteiger partial charge is 0.274 e. The Kier molecular flexibility index (Phi) is 6.87. The molecule has 1 aromatic heterocycles. The van der Waals surface area contributed by atoms with E-state index in [-0.39, 0.29) is 11.7 Å². The summed E-state index contributed by atoms with van der Waals surface area (Å²) < 4.78 is 13.3. The van der Waals surface area contributed by atoms with Gasteiger partial charge in [-0.2, -0.15) is 0 Å². The van der Waals surface area contributed by atoms with Crippen LogP contribution in [0.4, 0.5) is 4.39 Å². The molecular formula is C21H27FN4O. The van der Waals surface area contributed by atoms with Gasteiger partial charge in [0.05, 0.1) is 6.20 Å². The van der Waals surface area contributed by atoms with Gasteiger partial charge in [0, 0.05) is 38.6 Å². The van der Waals surface area contributed by atoms with E-state index in [1.54, 1.807) is 24.5 Å². The molecule has 0 saturated carbocycles. The van der Waals surface area contributed by atoms with Crippen molar-refractivity contribution in [3.63, 3.8) is 0 Å². The minimum absolute atomic E-state index is 0.0533. The van der Waals surface area contributed by atoms with E-state index in [1.165, 1.54) is 12.3 Å². The molecule has 0 spiro atoms. The monoisotopic (exact) mass is 370 g/mol. The number of halogens is 1. The van der Waals surface area contributed by atoms with Crippen LogP contribution < -0.4 is 0 Å². The highest BCUT2D eigenvalue weighted by molar-refractivity contribution is 5.91. The van der Waals surface area contributed by atoms with Crippen LogP contribution in [0, 0.1) is 11.7 Å².